The molecule has 0 aliphatic carbocycles. The Labute approximate surface area is 192 Å². The van der Waals surface area contributed by atoms with Crippen molar-refractivity contribution in [1.82, 2.24) is 14.8 Å². The van der Waals surface area contributed by atoms with Gasteiger partial charge in [-0.2, -0.15) is 0 Å². The maximum Gasteiger partial charge on any atom is 0.278 e. The number of fused-ring (bicyclic) bond motifs is 1. The van der Waals surface area contributed by atoms with E-state index < -0.39 is 0 Å². The molecule has 2 aromatic carbocycles. The third-order valence-corrected chi connectivity index (χ3v) is 6.07. The van der Waals surface area contributed by atoms with Gasteiger partial charge in [0.15, 0.2) is 0 Å². The van der Waals surface area contributed by atoms with Gasteiger partial charge in [0, 0.05) is 74.9 Å². The number of nitrogens with zero attached hydrogens (tertiary/aromatic N) is 5. The smallest absolute Gasteiger partial charge is 0.278 e. The summed E-state index contributed by atoms with van der Waals surface area (Å²) in [6, 6.07) is 12.9. The molecule has 0 N–H and O–H groups in total. The first-order chi connectivity index (χ1) is 16.0. The van der Waals surface area contributed by atoms with Crippen LogP contribution in [0.1, 0.15) is 5.56 Å². The number of piperazine rings is 1. The molecule has 0 atom stereocenters. The number of aromatic nitrogens is 1. The Morgan fingerprint density at radius 3 is 2.61 bits per heavy atom. The summed E-state index contributed by atoms with van der Waals surface area (Å²) in [5.74, 6) is 0.831. The highest BCUT2D eigenvalue weighted by molar-refractivity contribution is 5.99. The average molecular weight is 450 g/mol. The van der Waals surface area contributed by atoms with Crippen molar-refractivity contribution >= 4 is 28.1 Å². The maximum absolute atomic E-state index is 12.8. The van der Waals surface area contributed by atoms with Crippen molar-refractivity contribution in [2.24, 2.45) is 0 Å². The number of pyridine rings is 1. The molecule has 1 aliphatic heterocycles. The summed E-state index contributed by atoms with van der Waals surface area (Å²) in [5.41, 5.74) is 1.99. The van der Waals surface area contributed by atoms with Crippen molar-refractivity contribution in [3.8, 4) is 5.75 Å². The molecule has 0 bridgehead atoms. The van der Waals surface area contributed by atoms with E-state index in [1.807, 2.05) is 43.4 Å². The molecule has 172 valence electrons. The second kappa shape index (κ2) is 9.83. The minimum atomic E-state index is -0.376. The molecule has 9 heteroatoms. The molecule has 4 rings (SSSR count). The van der Waals surface area contributed by atoms with Crippen LogP contribution in [0, 0.1) is 10.1 Å². The van der Waals surface area contributed by atoms with E-state index in [2.05, 4.69) is 14.8 Å². The predicted molar refractivity (Wildman–Crippen MR) is 127 cm³/mol. The molecule has 9 nitrogen and oxygen atoms in total. The Bertz CT molecular complexity index is 1160. The lowest BCUT2D eigenvalue weighted by Crippen LogP contribution is -2.49. The first kappa shape index (κ1) is 22.5. The molecule has 0 radical (unpaired) electrons. The van der Waals surface area contributed by atoms with E-state index in [4.69, 9.17) is 4.74 Å². The van der Waals surface area contributed by atoms with Gasteiger partial charge < -0.3 is 14.5 Å². The molecular formula is C24H27N5O4. The monoisotopic (exact) mass is 449 g/mol. The third-order valence-electron chi connectivity index (χ3n) is 6.07. The van der Waals surface area contributed by atoms with Crippen molar-refractivity contribution in [2.75, 3.05) is 51.8 Å². The molecule has 0 unspecified atom stereocenters. The zero-order chi connectivity index (χ0) is 23.4. The summed E-state index contributed by atoms with van der Waals surface area (Å²) < 4.78 is 5.39. The topological polar surface area (TPSA) is 92.0 Å². The normalized spacial score (nSPS) is 14.3. The number of likely N-dealkylation sites (N-methyl/N-ethyl adjacent to an activating group) is 1. The summed E-state index contributed by atoms with van der Waals surface area (Å²) in [6.07, 6.45) is 3.20. The van der Waals surface area contributed by atoms with Crippen LogP contribution in [0.4, 0.5) is 11.4 Å². The van der Waals surface area contributed by atoms with Crippen molar-refractivity contribution in [3.05, 3.63) is 70.5 Å². The fourth-order valence-electron chi connectivity index (χ4n) is 4.23. The third kappa shape index (κ3) is 4.88. The fraction of sp³-hybridized carbons (Fsp3) is 0.333. The highest BCUT2D eigenvalue weighted by Crippen LogP contribution is 2.33. The first-order valence-corrected chi connectivity index (χ1v) is 10.8. The number of hydrogen-bond acceptors (Lipinski definition) is 7. The van der Waals surface area contributed by atoms with Crippen molar-refractivity contribution in [2.45, 2.75) is 6.54 Å². The zero-order valence-electron chi connectivity index (χ0n) is 18.8. The van der Waals surface area contributed by atoms with Crippen LogP contribution in [0.5, 0.6) is 5.75 Å². The highest BCUT2D eigenvalue weighted by atomic mass is 16.6. The van der Waals surface area contributed by atoms with Crippen molar-refractivity contribution in [3.63, 3.8) is 0 Å². The molecule has 1 aromatic heterocycles. The zero-order valence-corrected chi connectivity index (χ0v) is 18.8. The van der Waals surface area contributed by atoms with Gasteiger partial charge in [-0.3, -0.25) is 24.8 Å². The van der Waals surface area contributed by atoms with Gasteiger partial charge in [-0.1, -0.05) is 18.2 Å². The van der Waals surface area contributed by atoms with Crippen LogP contribution in [-0.2, 0) is 11.3 Å². The van der Waals surface area contributed by atoms with Gasteiger partial charge in [0.05, 0.1) is 24.0 Å². The van der Waals surface area contributed by atoms with Crippen LogP contribution < -0.4 is 9.64 Å². The van der Waals surface area contributed by atoms with Gasteiger partial charge in [0.2, 0.25) is 5.91 Å². The van der Waals surface area contributed by atoms with Crippen LogP contribution in [0.2, 0.25) is 0 Å². The van der Waals surface area contributed by atoms with Gasteiger partial charge in [0.1, 0.15) is 5.75 Å². The largest absolute Gasteiger partial charge is 0.496 e. The molecule has 3 aromatic rings. The number of para-hydroxylation sites is 1. The highest BCUT2D eigenvalue weighted by Gasteiger charge is 2.24. The van der Waals surface area contributed by atoms with Gasteiger partial charge in [-0.15, -0.1) is 0 Å². The molecule has 1 amide bonds. The number of anilines is 1. The van der Waals surface area contributed by atoms with E-state index in [1.165, 1.54) is 0 Å². The van der Waals surface area contributed by atoms with E-state index >= 15 is 0 Å². The molecule has 0 spiro atoms. The Balaban J connectivity index is 1.38. The van der Waals surface area contributed by atoms with Gasteiger partial charge >= 0.3 is 0 Å². The Kier molecular flexibility index (Phi) is 6.69. The number of amides is 1. The second-order valence-electron chi connectivity index (χ2n) is 8.11. The van der Waals surface area contributed by atoms with E-state index in [9.17, 15) is 14.9 Å². The second-order valence-corrected chi connectivity index (χ2v) is 8.11. The predicted octanol–water partition coefficient (Wildman–Crippen LogP) is 2.93. The number of ether oxygens (including phenoxy) is 1. The molecule has 1 aliphatic rings. The number of nitro groups is 1. The Morgan fingerprint density at radius 1 is 1.12 bits per heavy atom. The first-order valence-electron chi connectivity index (χ1n) is 10.8. The lowest BCUT2D eigenvalue weighted by Gasteiger charge is -2.36. The lowest BCUT2D eigenvalue weighted by atomic mass is 10.1. The summed E-state index contributed by atoms with van der Waals surface area (Å²) in [5, 5.41) is 12.7. The fourth-order valence-corrected chi connectivity index (χ4v) is 4.23. The van der Waals surface area contributed by atoms with Crippen molar-refractivity contribution in [1.29, 1.82) is 0 Å². The Morgan fingerprint density at radius 2 is 1.88 bits per heavy atom. The number of carbonyl (C=O) groups is 1. The number of benzene rings is 2. The van der Waals surface area contributed by atoms with Crippen LogP contribution >= 0.6 is 0 Å². The van der Waals surface area contributed by atoms with Crippen LogP contribution in [0.25, 0.3) is 10.8 Å². The molecule has 33 heavy (non-hydrogen) atoms. The molecule has 1 saturated heterocycles. The lowest BCUT2D eigenvalue weighted by molar-refractivity contribution is -0.383. The molecule has 2 heterocycles. The number of carbonyl (C=O) groups excluding carboxylic acids is 1. The number of rotatable bonds is 7. The Hall–Kier alpha value is -3.72. The van der Waals surface area contributed by atoms with E-state index in [-0.39, 0.29) is 16.5 Å². The molecular weight excluding hydrogens is 422 g/mol. The minimum absolute atomic E-state index is 0.0567. The quantitative estimate of drug-likeness (QED) is 0.404. The van der Waals surface area contributed by atoms with Crippen LogP contribution in [-0.4, -0.2) is 72.5 Å². The van der Waals surface area contributed by atoms with E-state index in [0.29, 0.717) is 18.5 Å². The van der Waals surface area contributed by atoms with Crippen LogP contribution in [0.15, 0.2) is 54.9 Å². The van der Waals surface area contributed by atoms with Crippen LogP contribution in [0.3, 0.4) is 0 Å². The minimum Gasteiger partial charge on any atom is -0.496 e. The van der Waals surface area contributed by atoms with Gasteiger partial charge in [-0.05, 0) is 18.2 Å². The maximum atomic E-state index is 12.8. The van der Waals surface area contributed by atoms with E-state index in [1.54, 1.807) is 30.5 Å². The molecule has 0 saturated carbocycles. The number of nitro benzene ring substituents is 1. The number of hydrogen-bond donors (Lipinski definition) is 0. The average Bonchev–Trinajstić information content (AvgIpc) is 2.84. The van der Waals surface area contributed by atoms with Crippen molar-refractivity contribution < 1.29 is 14.5 Å². The number of methoxy groups -OCH3 is 1. The van der Waals surface area contributed by atoms with Gasteiger partial charge in [0.25, 0.3) is 5.69 Å². The van der Waals surface area contributed by atoms with Gasteiger partial charge in [-0.25, -0.2) is 0 Å². The number of non-ortho nitro benzene ring substituents is 1. The summed E-state index contributed by atoms with van der Waals surface area (Å²) in [4.78, 5) is 33.9. The summed E-state index contributed by atoms with van der Waals surface area (Å²) in [7, 11) is 3.44. The molecule has 1 fully saturated rings. The summed E-state index contributed by atoms with van der Waals surface area (Å²) >= 11 is 0. The standard InChI is InChI=1S/C24H27N5O4/c1-26(16-18-5-3-4-6-23(18)33-2)24(30)17-27-11-13-28(14-12-27)21-7-8-22(29(31)32)20-15-25-10-9-19(20)21/h3-10,15H,11-14,16-17H2,1-2H3. The van der Waals surface area contributed by atoms with E-state index in [0.717, 1.165) is 48.6 Å². The summed E-state index contributed by atoms with van der Waals surface area (Å²) in [6.45, 7) is 3.78. The SMILES string of the molecule is COc1ccccc1CN(C)C(=O)CN1CCN(c2ccc([N+](=O)[O-])c3cnccc23)CC1.